The van der Waals surface area contributed by atoms with Gasteiger partial charge in [-0.2, -0.15) is 0 Å². The van der Waals surface area contributed by atoms with Gasteiger partial charge in [0.25, 0.3) is 5.97 Å². The molecule has 2 aromatic carbocycles. The molecule has 1 aromatic heterocycles. The number of nitrogens with two attached hydrogens (primary N) is 2. The summed E-state index contributed by atoms with van der Waals surface area (Å²) in [5, 5.41) is 16.5. The highest BCUT2D eigenvalue weighted by Crippen LogP contribution is 2.21. The van der Waals surface area contributed by atoms with E-state index in [1.165, 1.54) is 13.0 Å². The van der Waals surface area contributed by atoms with E-state index in [9.17, 15) is 19.2 Å². The van der Waals surface area contributed by atoms with Gasteiger partial charge in [0.05, 0.1) is 6.04 Å². The Morgan fingerprint density at radius 1 is 0.929 bits per heavy atom. The third kappa shape index (κ3) is 11.1. The summed E-state index contributed by atoms with van der Waals surface area (Å²) in [7, 11) is 0. The number of anilines is 1. The van der Waals surface area contributed by atoms with Crippen LogP contribution >= 0.6 is 0 Å². The highest BCUT2D eigenvalue weighted by atomic mass is 16.4. The number of rotatable bonds is 12. The summed E-state index contributed by atoms with van der Waals surface area (Å²) < 4.78 is 5.27. The van der Waals surface area contributed by atoms with Crippen LogP contribution in [0, 0.1) is 6.92 Å². The van der Waals surface area contributed by atoms with Gasteiger partial charge in [-0.1, -0.05) is 30.3 Å². The van der Waals surface area contributed by atoms with Gasteiger partial charge in [0, 0.05) is 36.6 Å². The Kier molecular flexibility index (Phi) is 13.3. The van der Waals surface area contributed by atoms with E-state index in [-0.39, 0.29) is 6.42 Å². The third-order valence-electron chi connectivity index (χ3n) is 6.13. The van der Waals surface area contributed by atoms with Crippen LogP contribution in [0.3, 0.4) is 0 Å². The molecule has 0 fully saturated rings. The van der Waals surface area contributed by atoms with Gasteiger partial charge in [0.15, 0.2) is 0 Å². The molecule has 0 saturated carbocycles. The molecule has 12 heteroatoms. The van der Waals surface area contributed by atoms with Gasteiger partial charge in [0.2, 0.25) is 17.7 Å². The summed E-state index contributed by atoms with van der Waals surface area (Å²) >= 11 is 0. The van der Waals surface area contributed by atoms with Crippen LogP contribution in [0.2, 0.25) is 0 Å². The van der Waals surface area contributed by atoms with E-state index in [1.54, 1.807) is 25.1 Å². The average molecular weight is 582 g/mol. The molecule has 3 aromatic rings. The molecule has 0 aliphatic rings. The van der Waals surface area contributed by atoms with Crippen LogP contribution in [-0.2, 0) is 25.6 Å². The second-order valence-corrected chi connectivity index (χ2v) is 9.85. The van der Waals surface area contributed by atoms with E-state index in [2.05, 4.69) is 16.0 Å². The van der Waals surface area contributed by atoms with E-state index >= 15 is 0 Å². The minimum atomic E-state index is -0.932. The maximum atomic E-state index is 13.3. The second kappa shape index (κ2) is 16.7. The van der Waals surface area contributed by atoms with E-state index in [1.807, 2.05) is 30.3 Å². The average Bonchev–Trinajstić information content (AvgIpc) is 2.92. The van der Waals surface area contributed by atoms with Crippen molar-refractivity contribution in [1.82, 2.24) is 10.6 Å². The number of hydrogen-bond donors (Lipinski definition) is 6. The van der Waals surface area contributed by atoms with Gasteiger partial charge < -0.3 is 36.9 Å². The Labute approximate surface area is 243 Å². The molecular formula is C30H39N5O7. The van der Waals surface area contributed by atoms with Gasteiger partial charge in [-0.25, -0.2) is 4.79 Å². The first-order valence-electron chi connectivity index (χ1n) is 13.6. The molecule has 12 nitrogen and oxygen atoms in total. The number of carboxylic acids is 1. The number of amides is 3. The van der Waals surface area contributed by atoms with Crippen molar-refractivity contribution in [2.75, 3.05) is 11.9 Å². The molecule has 0 saturated heterocycles. The fraction of sp³-hybridized carbons (Fsp3) is 0.367. The summed E-state index contributed by atoms with van der Waals surface area (Å²) in [5.74, 6) is -2.25. The maximum absolute atomic E-state index is 13.3. The first-order chi connectivity index (χ1) is 19.9. The van der Waals surface area contributed by atoms with E-state index in [4.69, 9.17) is 25.8 Å². The first-order valence-corrected chi connectivity index (χ1v) is 13.6. The second-order valence-electron chi connectivity index (χ2n) is 9.85. The lowest BCUT2D eigenvalue weighted by molar-refractivity contribution is -0.134. The van der Waals surface area contributed by atoms with Crippen molar-refractivity contribution in [3.63, 3.8) is 0 Å². The zero-order valence-corrected chi connectivity index (χ0v) is 24.0. The fourth-order valence-electron chi connectivity index (χ4n) is 4.03. The zero-order valence-electron chi connectivity index (χ0n) is 24.0. The molecule has 0 spiro atoms. The Morgan fingerprint density at radius 2 is 1.57 bits per heavy atom. The van der Waals surface area contributed by atoms with Crippen molar-refractivity contribution in [2.45, 2.75) is 64.6 Å². The third-order valence-corrected chi connectivity index (χ3v) is 6.13. The lowest BCUT2D eigenvalue weighted by Crippen LogP contribution is -2.55. The molecule has 0 unspecified atom stereocenters. The molecule has 8 N–H and O–H groups in total. The molecule has 3 rings (SSSR count). The number of unbranched alkanes of at least 4 members (excludes halogenated alkanes) is 1. The summed E-state index contributed by atoms with van der Waals surface area (Å²) in [6.07, 6.45) is 1.85. The lowest BCUT2D eigenvalue weighted by Gasteiger charge is -2.24. The van der Waals surface area contributed by atoms with Crippen LogP contribution in [0.25, 0.3) is 11.0 Å². The molecule has 0 aliphatic heterocycles. The fourth-order valence-corrected chi connectivity index (χ4v) is 4.03. The minimum absolute atomic E-state index is 0.228. The summed E-state index contributed by atoms with van der Waals surface area (Å²) in [4.78, 5) is 59.7. The van der Waals surface area contributed by atoms with Crippen molar-refractivity contribution >= 4 is 40.3 Å². The van der Waals surface area contributed by atoms with Crippen LogP contribution in [0.5, 0.6) is 0 Å². The SMILES string of the molecule is CC(=O)O.Cc1cc(=O)oc2cc(NC(=O)[C@H](CCCCN)NC(=O)[C@H](Cc3ccccc3)NC(=O)[C@H](C)N)ccc12. The highest BCUT2D eigenvalue weighted by molar-refractivity contribution is 5.99. The van der Waals surface area contributed by atoms with E-state index < -0.39 is 47.4 Å². The van der Waals surface area contributed by atoms with Gasteiger partial charge in [-0.15, -0.1) is 0 Å². The number of aliphatic carboxylic acids is 1. The number of carbonyl (C=O) groups excluding carboxylic acids is 3. The Morgan fingerprint density at radius 3 is 2.19 bits per heavy atom. The normalized spacial score (nSPS) is 12.7. The zero-order chi connectivity index (χ0) is 31.2. The number of benzene rings is 2. The predicted octanol–water partition coefficient (Wildman–Crippen LogP) is 1.82. The quantitative estimate of drug-likeness (QED) is 0.136. The molecule has 42 heavy (non-hydrogen) atoms. The van der Waals surface area contributed by atoms with Crippen LogP contribution in [0.15, 0.2) is 63.8 Å². The molecule has 0 radical (unpaired) electrons. The molecule has 0 bridgehead atoms. The molecule has 3 atom stereocenters. The van der Waals surface area contributed by atoms with Gasteiger partial charge in [0.1, 0.15) is 17.7 Å². The van der Waals surface area contributed by atoms with Gasteiger partial charge in [-0.05, 0) is 62.9 Å². The maximum Gasteiger partial charge on any atom is 0.336 e. The van der Waals surface area contributed by atoms with Crippen molar-refractivity contribution in [3.8, 4) is 0 Å². The standard InChI is InChI=1S/C28H35N5O5.C2H4O2/c1-17-14-25(34)38-24-16-20(11-12-21(17)24)31-27(36)22(10-6-7-13-29)32-28(37)23(33-26(35)18(2)30)15-19-8-4-3-5-9-19;1-2(3)4/h3-5,8-9,11-12,14,16,18,22-23H,6-7,10,13,15,29-30H2,1-2H3,(H,31,36)(H,32,37)(H,33,35);1H3,(H,3,4)/t18-,22-,23-;/m0./s1. The van der Waals surface area contributed by atoms with Gasteiger partial charge in [-0.3, -0.25) is 19.2 Å². The number of fused-ring (bicyclic) bond motifs is 1. The summed E-state index contributed by atoms with van der Waals surface area (Å²) in [6, 6.07) is 13.0. The molecule has 3 amide bonds. The highest BCUT2D eigenvalue weighted by Gasteiger charge is 2.27. The monoisotopic (exact) mass is 581 g/mol. The van der Waals surface area contributed by atoms with Gasteiger partial charge >= 0.3 is 5.63 Å². The molecule has 1 heterocycles. The molecule has 226 valence electrons. The molecular weight excluding hydrogens is 542 g/mol. The van der Waals surface area contributed by atoms with E-state index in [0.29, 0.717) is 37.1 Å². The van der Waals surface area contributed by atoms with Crippen molar-refractivity contribution in [1.29, 1.82) is 0 Å². The van der Waals surface area contributed by atoms with Crippen LogP contribution < -0.4 is 33.0 Å². The summed E-state index contributed by atoms with van der Waals surface area (Å²) in [5.41, 5.74) is 13.2. The number of aryl methyl sites for hydroxylation is 1. The summed E-state index contributed by atoms with van der Waals surface area (Å²) in [6.45, 7) is 4.87. The number of carbonyl (C=O) groups is 4. The van der Waals surface area contributed by atoms with E-state index in [0.717, 1.165) is 23.4 Å². The smallest absolute Gasteiger partial charge is 0.336 e. The van der Waals surface area contributed by atoms with Crippen LogP contribution in [0.4, 0.5) is 5.69 Å². The predicted molar refractivity (Wildman–Crippen MR) is 160 cm³/mol. The molecule has 0 aliphatic carbocycles. The van der Waals surface area contributed by atoms with Crippen molar-refractivity contribution < 1.29 is 28.7 Å². The Hall–Kier alpha value is -4.55. The number of nitrogens with one attached hydrogen (secondary N) is 3. The largest absolute Gasteiger partial charge is 0.481 e. The lowest BCUT2D eigenvalue weighted by atomic mass is 10.0. The number of carboxylic acid groups (broad SMARTS) is 1. The van der Waals surface area contributed by atoms with Crippen molar-refractivity contribution in [3.05, 3.63) is 76.1 Å². The van der Waals surface area contributed by atoms with Crippen molar-refractivity contribution in [2.24, 2.45) is 11.5 Å². The number of hydrogen-bond acceptors (Lipinski definition) is 8. The topological polar surface area (TPSA) is 207 Å². The first kappa shape index (κ1) is 33.7. The van der Waals surface area contributed by atoms with Crippen LogP contribution in [-0.4, -0.2) is 53.5 Å². The Balaban J connectivity index is 0.00000144. The van der Waals surface area contributed by atoms with Crippen LogP contribution in [0.1, 0.15) is 44.2 Å². The minimum Gasteiger partial charge on any atom is -0.481 e. The Bertz CT molecular complexity index is 1420.